The predicted molar refractivity (Wildman–Crippen MR) is 77.6 cm³/mol. The van der Waals surface area contributed by atoms with E-state index in [1.807, 2.05) is 24.1 Å². The van der Waals surface area contributed by atoms with Crippen LogP contribution >= 0.6 is 0 Å². The molecule has 1 aromatic rings. The average molecular weight is 278 g/mol. The maximum atomic E-state index is 12.1. The number of carbonyl (C=O) groups excluding carboxylic acids is 1. The zero-order chi connectivity index (χ0) is 14.4. The Kier molecular flexibility index (Phi) is 5.24. The van der Waals surface area contributed by atoms with Crippen molar-refractivity contribution in [2.24, 2.45) is 0 Å². The van der Waals surface area contributed by atoms with E-state index in [1.54, 1.807) is 12.1 Å². The monoisotopic (exact) mass is 278 g/mol. The van der Waals surface area contributed by atoms with Crippen molar-refractivity contribution in [3.8, 4) is 5.75 Å². The number of anilines is 1. The van der Waals surface area contributed by atoms with Crippen LogP contribution in [0.25, 0.3) is 0 Å². The van der Waals surface area contributed by atoms with Gasteiger partial charge in [0.2, 0.25) is 5.91 Å². The lowest BCUT2D eigenvalue weighted by molar-refractivity contribution is -0.134. The molecular weight excluding hydrogens is 256 g/mol. The molecule has 110 valence electrons. The first-order valence-electron chi connectivity index (χ1n) is 6.98. The Balaban J connectivity index is 1.72. The highest BCUT2D eigenvalue weighted by molar-refractivity contribution is 5.76. The third kappa shape index (κ3) is 4.13. The van der Waals surface area contributed by atoms with Gasteiger partial charge in [-0.2, -0.15) is 0 Å². The fraction of sp³-hybridized carbons (Fsp3) is 0.533. The van der Waals surface area contributed by atoms with Crippen molar-refractivity contribution in [2.75, 3.05) is 32.6 Å². The first-order chi connectivity index (χ1) is 9.66. The van der Waals surface area contributed by atoms with Gasteiger partial charge in [-0.3, -0.25) is 4.79 Å². The van der Waals surface area contributed by atoms with Crippen LogP contribution in [0.2, 0.25) is 0 Å². The Bertz CT molecular complexity index is 427. The zero-order valence-corrected chi connectivity index (χ0v) is 11.9. The number of nitrogen functional groups attached to an aromatic ring is 1. The SMILES string of the molecule is CN(C(=O)CCOc1ccc(N)cc1)C1CCOCC1. The molecule has 2 rings (SSSR count). The predicted octanol–water partition coefficient (Wildman–Crippen LogP) is 1.68. The molecule has 1 amide bonds. The summed E-state index contributed by atoms with van der Waals surface area (Å²) in [7, 11) is 1.86. The minimum absolute atomic E-state index is 0.118. The molecule has 0 atom stereocenters. The molecule has 0 bridgehead atoms. The van der Waals surface area contributed by atoms with Crippen molar-refractivity contribution in [1.82, 2.24) is 4.90 Å². The number of ether oxygens (including phenoxy) is 2. The third-order valence-corrected chi connectivity index (χ3v) is 3.60. The number of amides is 1. The van der Waals surface area contributed by atoms with Gasteiger partial charge in [0.1, 0.15) is 5.75 Å². The van der Waals surface area contributed by atoms with E-state index in [1.165, 1.54) is 0 Å². The highest BCUT2D eigenvalue weighted by Gasteiger charge is 2.22. The van der Waals surface area contributed by atoms with Crippen molar-refractivity contribution in [2.45, 2.75) is 25.3 Å². The van der Waals surface area contributed by atoms with Gasteiger partial charge in [0.25, 0.3) is 0 Å². The van der Waals surface area contributed by atoms with Crippen LogP contribution in [-0.4, -0.2) is 43.7 Å². The largest absolute Gasteiger partial charge is 0.493 e. The molecule has 1 aliphatic rings. The standard InChI is InChI=1S/C15H22N2O3/c1-17(13-6-9-19-10-7-13)15(18)8-11-20-14-4-2-12(16)3-5-14/h2-5,13H,6-11,16H2,1H3. The van der Waals surface area contributed by atoms with Gasteiger partial charge >= 0.3 is 0 Å². The number of carbonyl (C=O) groups is 1. The highest BCUT2D eigenvalue weighted by Crippen LogP contribution is 2.15. The summed E-state index contributed by atoms with van der Waals surface area (Å²) in [6, 6.07) is 7.48. The van der Waals surface area contributed by atoms with Crippen LogP contribution in [0, 0.1) is 0 Å². The molecule has 0 radical (unpaired) electrons. The molecule has 0 spiro atoms. The van der Waals surface area contributed by atoms with E-state index in [-0.39, 0.29) is 5.91 Å². The second-order valence-electron chi connectivity index (χ2n) is 5.02. The molecule has 1 aliphatic heterocycles. The van der Waals surface area contributed by atoms with E-state index in [0.29, 0.717) is 24.8 Å². The molecule has 0 aromatic heterocycles. The van der Waals surface area contributed by atoms with Gasteiger partial charge in [0.05, 0.1) is 13.0 Å². The highest BCUT2D eigenvalue weighted by atomic mass is 16.5. The van der Waals surface area contributed by atoms with Crippen LogP contribution in [0.3, 0.4) is 0 Å². The summed E-state index contributed by atoms with van der Waals surface area (Å²) in [4.78, 5) is 13.9. The van der Waals surface area contributed by atoms with E-state index < -0.39 is 0 Å². The minimum Gasteiger partial charge on any atom is -0.493 e. The van der Waals surface area contributed by atoms with Crippen LogP contribution in [0.15, 0.2) is 24.3 Å². The van der Waals surface area contributed by atoms with Gasteiger partial charge in [-0.05, 0) is 37.1 Å². The smallest absolute Gasteiger partial charge is 0.225 e. The summed E-state index contributed by atoms with van der Waals surface area (Å²) in [5.41, 5.74) is 6.30. The van der Waals surface area contributed by atoms with Crippen LogP contribution in [-0.2, 0) is 9.53 Å². The molecule has 1 heterocycles. The van der Waals surface area contributed by atoms with E-state index in [9.17, 15) is 4.79 Å². The van der Waals surface area contributed by atoms with E-state index in [2.05, 4.69) is 0 Å². The second kappa shape index (κ2) is 7.14. The Labute approximate surface area is 119 Å². The topological polar surface area (TPSA) is 64.8 Å². The number of benzene rings is 1. The summed E-state index contributed by atoms with van der Waals surface area (Å²) in [5.74, 6) is 0.855. The molecule has 1 aromatic carbocycles. The van der Waals surface area contributed by atoms with E-state index in [0.717, 1.165) is 31.8 Å². The summed E-state index contributed by atoms with van der Waals surface area (Å²) < 4.78 is 10.8. The van der Waals surface area contributed by atoms with Crippen LogP contribution < -0.4 is 10.5 Å². The summed E-state index contributed by atoms with van der Waals surface area (Å²) in [6.07, 6.45) is 2.22. The number of hydrogen-bond acceptors (Lipinski definition) is 4. The fourth-order valence-electron chi connectivity index (χ4n) is 2.27. The van der Waals surface area contributed by atoms with Gasteiger partial charge in [-0.25, -0.2) is 0 Å². The fourth-order valence-corrected chi connectivity index (χ4v) is 2.27. The summed E-state index contributed by atoms with van der Waals surface area (Å²) in [5, 5.41) is 0. The summed E-state index contributed by atoms with van der Waals surface area (Å²) in [6.45, 7) is 1.87. The average Bonchev–Trinajstić information content (AvgIpc) is 2.49. The lowest BCUT2D eigenvalue weighted by Gasteiger charge is -2.31. The van der Waals surface area contributed by atoms with E-state index >= 15 is 0 Å². The van der Waals surface area contributed by atoms with Crippen molar-refractivity contribution >= 4 is 11.6 Å². The lowest BCUT2D eigenvalue weighted by atomic mass is 10.1. The Morgan fingerprint density at radius 1 is 1.35 bits per heavy atom. The van der Waals surface area contributed by atoms with Gasteiger partial charge in [-0.15, -0.1) is 0 Å². The lowest BCUT2D eigenvalue weighted by Crippen LogP contribution is -2.41. The first kappa shape index (κ1) is 14.7. The van der Waals surface area contributed by atoms with Crippen molar-refractivity contribution in [1.29, 1.82) is 0 Å². The van der Waals surface area contributed by atoms with Crippen molar-refractivity contribution in [3.05, 3.63) is 24.3 Å². The van der Waals surface area contributed by atoms with Crippen LogP contribution in [0.4, 0.5) is 5.69 Å². The van der Waals surface area contributed by atoms with Gasteiger partial charge in [0.15, 0.2) is 0 Å². The third-order valence-electron chi connectivity index (χ3n) is 3.60. The molecule has 5 nitrogen and oxygen atoms in total. The molecular formula is C15H22N2O3. The number of hydrogen-bond donors (Lipinski definition) is 1. The Morgan fingerprint density at radius 2 is 2.00 bits per heavy atom. The second-order valence-corrected chi connectivity index (χ2v) is 5.02. The Hall–Kier alpha value is -1.75. The summed E-state index contributed by atoms with van der Waals surface area (Å²) >= 11 is 0. The van der Waals surface area contributed by atoms with Gasteiger partial charge < -0.3 is 20.1 Å². The molecule has 1 fully saturated rings. The number of nitrogens with two attached hydrogens (primary N) is 1. The molecule has 0 aliphatic carbocycles. The molecule has 2 N–H and O–H groups in total. The molecule has 0 unspecified atom stereocenters. The number of nitrogens with zero attached hydrogens (tertiary/aromatic N) is 1. The normalized spacial score (nSPS) is 15.8. The van der Waals surface area contributed by atoms with Crippen LogP contribution in [0.1, 0.15) is 19.3 Å². The maximum Gasteiger partial charge on any atom is 0.225 e. The van der Waals surface area contributed by atoms with Gasteiger partial charge in [0, 0.05) is 32.0 Å². The number of rotatable bonds is 5. The van der Waals surface area contributed by atoms with E-state index in [4.69, 9.17) is 15.2 Å². The Morgan fingerprint density at radius 3 is 2.65 bits per heavy atom. The molecule has 0 saturated carbocycles. The molecule has 5 heteroatoms. The molecule has 20 heavy (non-hydrogen) atoms. The first-order valence-corrected chi connectivity index (χ1v) is 6.98. The van der Waals surface area contributed by atoms with Crippen molar-refractivity contribution < 1.29 is 14.3 Å². The van der Waals surface area contributed by atoms with Gasteiger partial charge in [-0.1, -0.05) is 0 Å². The maximum absolute atomic E-state index is 12.1. The van der Waals surface area contributed by atoms with Crippen LogP contribution in [0.5, 0.6) is 5.75 Å². The quantitative estimate of drug-likeness (QED) is 0.832. The minimum atomic E-state index is 0.118. The van der Waals surface area contributed by atoms with Crippen molar-refractivity contribution in [3.63, 3.8) is 0 Å². The zero-order valence-electron chi connectivity index (χ0n) is 11.9. The molecule has 1 saturated heterocycles.